The summed E-state index contributed by atoms with van der Waals surface area (Å²) in [7, 11) is -1.82. The van der Waals surface area contributed by atoms with E-state index in [9.17, 15) is 18.6 Å². The first kappa shape index (κ1) is 21.9. The van der Waals surface area contributed by atoms with Gasteiger partial charge in [-0.05, 0) is 50.9 Å². The second-order valence-electron chi connectivity index (χ2n) is 7.78. The van der Waals surface area contributed by atoms with E-state index in [0.717, 1.165) is 28.5 Å². The number of β-amino-alcohol motifs (C(OH)–C–C–N with tert-alkyl or cyclic N) is 2. The van der Waals surface area contributed by atoms with E-state index in [2.05, 4.69) is 10.4 Å². The standard InChI is InChI=1S/C20H30N4O4S/c1-15-18(16(2)23(3)22-15)10-7-11-21-13-20(26)14-24(12-19(20)25)29(27,28)17-8-5-4-6-9-17/h4-6,8-9,19,21,25-26H,7,10-14H2,1-3H3/t19-,20+/m1/s1. The Morgan fingerprint density at radius 2 is 1.97 bits per heavy atom. The van der Waals surface area contributed by atoms with Crippen LogP contribution in [0.25, 0.3) is 0 Å². The molecule has 0 bridgehead atoms. The molecule has 0 aliphatic carbocycles. The molecule has 1 fully saturated rings. The zero-order valence-electron chi connectivity index (χ0n) is 17.2. The van der Waals surface area contributed by atoms with Crippen LogP contribution in [0.3, 0.4) is 0 Å². The minimum absolute atomic E-state index is 0.122. The summed E-state index contributed by atoms with van der Waals surface area (Å²) in [6, 6.07) is 8.07. The first-order valence-corrected chi connectivity index (χ1v) is 11.2. The van der Waals surface area contributed by atoms with Crippen LogP contribution in [0, 0.1) is 13.8 Å². The normalized spacial score (nSPS) is 23.0. The summed E-state index contributed by atoms with van der Waals surface area (Å²) < 4.78 is 28.5. The molecule has 0 saturated carbocycles. The third-order valence-electron chi connectivity index (χ3n) is 5.70. The Morgan fingerprint density at radius 1 is 1.28 bits per heavy atom. The Morgan fingerprint density at radius 3 is 2.59 bits per heavy atom. The molecule has 3 rings (SSSR count). The van der Waals surface area contributed by atoms with Crippen LogP contribution in [0.15, 0.2) is 35.2 Å². The van der Waals surface area contributed by atoms with Crippen LogP contribution in [0.4, 0.5) is 0 Å². The van der Waals surface area contributed by atoms with Gasteiger partial charge in [0.15, 0.2) is 0 Å². The number of sulfonamides is 1. The number of hydrogen-bond acceptors (Lipinski definition) is 6. The Kier molecular flexibility index (Phi) is 6.45. The highest BCUT2D eigenvalue weighted by atomic mass is 32.2. The second-order valence-corrected chi connectivity index (χ2v) is 9.72. The lowest BCUT2D eigenvalue weighted by atomic mass is 10.0. The lowest BCUT2D eigenvalue weighted by Crippen LogP contribution is -2.50. The van der Waals surface area contributed by atoms with Gasteiger partial charge >= 0.3 is 0 Å². The van der Waals surface area contributed by atoms with Crippen molar-refractivity contribution in [2.75, 3.05) is 26.2 Å². The highest BCUT2D eigenvalue weighted by molar-refractivity contribution is 7.89. The van der Waals surface area contributed by atoms with Gasteiger partial charge < -0.3 is 15.5 Å². The molecule has 1 aromatic carbocycles. The third-order valence-corrected chi connectivity index (χ3v) is 7.52. The van der Waals surface area contributed by atoms with Gasteiger partial charge in [-0.3, -0.25) is 4.68 Å². The van der Waals surface area contributed by atoms with Gasteiger partial charge in [-0.15, -0.1) is 0 Å². The van der Waals surface area contributed by atoms with E-state index in [4.69, 9.17) is 0 Å². The van der Waals surface area contributed by atoms with Crippen LogP contribution in [0.2, 0.25) is 0 Å². The van der Waals surface area contributed by atoms with E-state index in [1.165, 1.54) is 17.7 Å². The molecule has 1 saturated heterocycles. The van der Waals surface area contributed by atoms with E-state index in [1.54, 1.807) is 18.2 Å². The topological polar surface area (TPSA) is 108 Å². The molecular weight excluding hydrogens is 392 g/mol. The maximum absolute atomic E-state index is 12.7. The molecule has 160 valence electrons. The number of aromatic nitrogens is 2. The van der Waals surface area contributed by atoms with Crippen molar-refractivity contribution < 1.29 is 18.6 Å². The molecule has 8 nitrogen and oxygen atoms in total. The number of aliphatic hydroxyl groups excluding tert-OH is 1. The summed E-state index contributed by atoms with van der Waals surface area (Å²) in [5.74, 6) is 0. The fourth-order valence-corrected chi connectivity index (χ4v) is 5.34. The number of nitrogens with zero attached hydrogens (tertiary/aromatic N) is 3. The summed E-state index contributed by atoms with van der Waals surface area (Å²) >= 11 is 0. The molecule has 0 unspecified atom stereocenters. The van der Waals surface area contributed by atoms with Gasteiger partial charge in [0.05, 0.1) is 16.7 Å². The third kappa shape index (κ3) is 4.54. The summed E-state index contributed by atoms with van der Waals surface area (Å²) in [6.07, 6.45) is 0.579. The van der Waals surface area contributed by atoms with Crippen molar-refractivity contribution in [1.29, 1.82) is 0 Å². The van der Waals surface area contributed by atoms with Crippen molar-refractivity contribution in [2.24, 2.45) is 7.05 Å². The molecule has 2 heterocycles. The maximum Gasteiger partial charge on any atom is 0.243 e. The van der Waals surface area contributed by atoms with Gasteiger partial charge in [-0.25, -0.2) is 8.42 Å². The zero-order valence-corrected chi connectivity index (χ0v) is 18.0. The number of benzene rings is 1. The Hall–Kier alpha value is -1.78. The number of hydrogen-bond donors (Lipinski definition) is 3. The SMILES string of the molecule is Cc1nn(C)c(C)c1CCCNC[C@]1(O)CN(S(=O)(=O)c2ccccc2)C[C@H]1O. The lowest BCUT2D eigenvalue weighted by Gasteiger charge is -2.26. The molecule has 1 aliphatic rings. The largest absolute Gasteiger partial charge is 0.389 e. The molecule has 0 radical (unpaired) electrons. The van der Waals surface area contributed by atoms with Gasteiger partial charge in [0.1, 0.15) is 5.60 Å². The van der Waals surface area contributed by atoms with Gasteiger partial charge in [-0.2, -0.15) is 9.40 Å². The lowest BCUT2D eigenvalue weighted by molar-refractivity contribution is -0.0381. The van der Waals surface area contributed by atoms with Crippen molar-refractivity contribution in [2.45, 2.75) is 43.3 Å². The van der Waals surface area contributed by atoms with E-state index >= 15 is 0 Å². The van der Waals surface area contributed by atoms with Crippen molar-refractivity contribution in [1.82, 2.24) is 19.4 Å². The van der Waals surface area contributed by atoms with E-state index in [0.29, 0.717) is 6.54 Å². The summed E-state index contributed by atoms with van der Waals surface area (Å²) in [5, 5.41) is 28.7. The van der Waals surface area contributed by atoms with E-state index < -0.39 is 21.7 Å². The minimum atomic E-state index is -3.74. The van der Waals surface area contributed by atoms with Gasteiger partial charge in [0.2, 0.25) is 10.0 Å². The quantitative estimate of drug-likeness (QED) is 0.530. The van der Waals surface area contributed by atoms with Crippen LogP contribution in [-0.2, 0) is 23.5 Å². The predicted octanol–water partition coefficient (Wildman–Crippen LogP) is 0.356. The number of nitrogens with one attached hydrogen (secondary N) is 1. The van der Waals surface area contributed by atoms with Crippen molar-refractivity contribution in [3.8, 4) is 0 Å². The number of rotatable bonds is 8. The molecule has 0 spiro atoms. The molecule has 3 N–H and O–H groups in total. The molecule has 29 heavy (non-hydrogen) atoms. The fraction of sp³-hybridized carbons (Fsp3) is 0.550. The van der Waals surface area contributed by atoms with Crippen LogP contribution in [-0.4, -0.2) is 70.6 Å². The van der Waals surface area contributed by atoms with Crippen LogP contribution >= 0.6 is 0 Å². The zero-order chi connectivity index (χ0) is 21.2. The Balaban J connectivity index is 1.53. The average molecular weight is 423 g/mol. The van der Waals surface area contributed by atoms with Gasteiger partial charge in [0, 0.05) is 32.4 Å². The maximum atomic E-state index is 12.7. The van der Waals surface area contributed by atoms with Crippen LogP contribution in [0.5, 0.6) is 0 Å². The van der Waals surface area contributed by atoms with Crippen molar-refractivity contribution >= 4 is 10.0 Å². The van der Waals surface area contributed by atoms with E-state index in [-0.39, 0.29) is 24.5 Å². The molecule has 1 aromatic heterocycles. The van der Waals surface area contributed by atoms with Gasteiger partial charge in [0.25, 0.3) is 0 Å². The molecule has 2 atom stereocenters. The monoisotopic (exact) mass is 422 g/mol. The van der Waals surface area contributed by atoms with Crippen LogP contribution in [0.1, 0.15) is 23.4 Å². The van der Waals surface area contributed by atoms with E-state index in [1.807, 2.05) is 25.6 Å². The molecule has 1 aliphatic heterocycles. The number of aryl methyl sites for hydroxylation is 2. The van der Waals surface area contributed by atoms with Crippen molar-refractivity contribution in [3.05, 3.63) is 47.3 Å². The Labute approximate surface area is 172 Å². The van der Waals surface area contributed by atoms with Crippen molar-refractivity contribution in [3.63, 3.8) is 0 Å². The molecule has 9 heteroatoms. The first-order valence-electron chi connectivity index (χ1n) is 9.80. The highest BCUT2D eigenvalue weighted by Gasteiger charge is 2.48. The minimum Gasteiger partial charge on any atom is -0.389 e. The fourth-order valence-electron chi connectivity index (χ4n) is 3.81. The summed E-state index contributed by atoms with van der Waals surface area (Å²) in [6.45, 7) is 4.55. The summed E-state index contributed by atoms with van der Waals surface area (Å²) in [4.78, 5) is 0.159. The Bertz CT molecular complexity index is 945. The smallest absolute Gasteiger partial charge is 0.243 e. The summed E-state index contributed by atoms with van der Waals surface area (Å²) in [5.41, 5.74) is 1.89. The second kappa shape index (κ2) is 8.53. The predicted molar refractivity (Wildman–Crippen MR) is 110 cm³/mol. The molecule has 2 aromatic rings. The number of aliphatic hydroxyl groups is 2. The molecule has 0 amide bonds. The average Bonchev–Trinajstić information content (AvgIpc) is 3.12. The van der Waals surface area contributed by atoms with Crippen LogP contribution < -0.4 is 5.32 Å². The first-order chi connectivity index (χ1) is 13.6. The van der Waals surface area contributed by atoms with Gasteiger partial charge in [-0.1, -0.05) is 18.2 Å². The highest BCUT2D eigenvalue weighted by Crippen LogP contribution is 2.27. The molecular formula is C20H30N4O4S.